The fraction of sp³-hybridized carbons (Fsp3) is 0.632. The largest absolute Gasteiger partial charge is 0.347 e. The first-order valence-electron chi connectivity index (χ1n) is 8.72. The van der Waals surface area contributed by atoms with Gasteiger partial charge in [0.05, 0.1) is 4.90 Å². The number of amides is 1. The van der Waals surface area contributed by atoms with Gasteiger partial charge in [0, 0.05) is 20.6 Å². The van der Waals surface area contributed by atoms with E-state index in [-0.39, 0.29) is 11.3 Å². The lowest BCUT2D eigenvalue weighted by molar-refractivity contribution is -0.132. The first-order valence-corrected chi connectivity index (χ1v) is 10.2. The molecule has 1 saturated heterocycles. The highest BCUT2D eigenvalue weighted by Crippen LogP contribution is 2.33. The van der Waals surface area contributed by atoms with Crippen molar-refractivity contribution in [1.29, 1.82) is 0 Å². The summed E-state index contributed by atoms with van der Waals surface area (Å²) in [6, 6.07) is 3.32. The SMILES string of the molecule is Cc1cc(C(C)(C)C)cc(C)c1S(=O)(=O)N1CCC[C@H]1C(=O)N(C)C. The zero-order chi connectivity index (χ0) is 19.2. The molecule has 1 aromatic rings. The second-order valence-electron chi connectivity index (χ2n) is 8.20. The molecule has 1 aliphatic heterocycles. The van der Waals surface area contributed by atoms with Gasteiger partial charge in [-0.15, -0.1) is 0 Å². The van der Waals surface area contributed by atoms with Crippen molar-refractivity contribution in [2.45, 2.75) is 63.8 Å². The molecule has 1 aliphatic rings. The summed E-state index contributed by atoms with van der Waals surface area (Å²) in [5.41, 5.74) is 2.55. The zero-order valence-corrected chi connectivity index (χ0v) is 17.2. The van der Waals surface area contributed by atoms with Crippen LogP contribution in [0.15, 0.2) is 17.0 Å². The van der Waals surface area contributed by atoms with Gasteiger partial charge in [0.25, 0.3) is 0 Å². The Bertz CT molecular complexity index is 753. The minimum atomic E-state index is -3.70. The molecular formula is C19H30N2O3S. The molecule has 0 unspecified atom stereocenters. The molecule has 0 radical (unpaired) electrons. The number of nitrogens with zero attached hydrogens (tertiary/aromatic N) is 2. The first-order chi connectivity index (χ1) is 11.4. The Kier molecular flexibility index (Phi) is 5.36. The van der Waals surface area contributed by atoms with Crippen LogP contribution in [0.4, 0.5) is 0 Å². The van der Waals surface area contributed by atoms with Crippen molar-refractivity contribution < 1.29 is 13.2 Å². The van der Waals surface area contributed by atoms with E-state index in [0.29, 0.717) is 24.3 Å². The highest BCUT2D eigenvalue weighted by molar-refractivity contribution is 7.89. The van der Waals surface area contributed by atoms with E-state index in [4.69, 9.17) is 0 Å². The van der Waals surface area contributed by atoms with Crippen molar-refractivity contribution in [1.82, 2.24) is 9.21 Å². The summed E-state index contributed by atoms with van der Waals surface area (Å²) in [5.74, 6) is -0.150. The Morgan fingerprint density at radius 2 is 1.68 bits per heavy atom. The fourth-order valence-electron chi connectivity index (χ4n) is 3.48. The Balaban J connectivity index is 2.52. The third kappa shape index (κ3) is 3.75. The van der Waals surface area contributed by atoms with E-state index < -0.39 is 16.1 Å². The van der Waals surface area contributed by atoms with Crippen LogP contribution in [0.25, 0.3) is 0 Å². The van der Waals surface area contributed by atoms with Gasteiger partial charge in [0.2, 0.25) is 15.9 Å². The number of rotatable bonds is 3. The Morgan fingerprint density at radius 3 is 2.12 bits per heavy atom. The van der Waals surface area contributed by atoms with Crippen molar-refractivity contribution in [2.75, 3.05) is 20.6 Å². The van der Waals surface area contributed by atoms with Crippen LogP contribution >= 0.6 is 0 Å². The van der Waals surface area contributed by atoms with Crippen molar-refractivity contribution in [2.24, 2.45) is 0 Å². The van der Waals surface area contributed by atoms with Crippen LogP contribution in [-0.4, -0.2) is 50.2 Å². The second-order valence-corrected chi connectivity index (χ2v) is 10.0. The van der Waals surface area contributed by atoms with E-state index in [9.17, 15) is 13.2 Å². The summed E-state index contributed by atoms with van der Waals surface area (Å²) in [5, 5.41) is 0. The van der Waals surface area contributed by atoms with Gasteiger partial charge in [-0.25, -0.2) is 8.42 Å². The van der Waals surface area contributed by atoms with Gasteiger partial charge in [-0.05, 0) is 48.8 Å². The Labute approximate surface area is 152 Å². The molecular weight excluding hydrogens is 336 g/mol. The predicted octanol–water partition coefficient (Wildman–Crippen LogP) is 2.84. The molecule has 6 heteroatoms. The Hall–Kier alpha value is -1.40. The van der Waals surface area contributed by atoms with Crippen molar-refractivity contribution >= 4 is 15.9 Å². The third-order valence-corrected chi connectivity index (χ3v) is 7.04. The van der Waals surface area contributed by atoms with Gasteiger partial charge in [0.1, 0.15) is 6.04 Å². The molecule has 5 nitrogen and oxygen atoms in total. The van der Waals surface area contributed by atoms with Gasteiger partial charge in [-0.1, -0.05) is 32.9 Å². The standard InChI is InChI=1S/C19H30N2O3S/c1-13-11-15(19(3,4)5)12-14(2)17(13)25(23,24)21-10-8-9-16(21)18(22)20(6)7/h11-12,16H,8-10H2,1-7H3/t16-/m0/s1. The number of hydrogen-bond acceptors (Lipinski definition) is 3. The molecule has 1 heterocycles. The predicted molar refractivity (Wildman–Crippen MR) is 100 cm³/mol. The van der Waals surface area contributed by atoms with E-state index >= 15 is 0 Å². The molecule has 0 spiro atoms. The molecule has 0 aliphatic carbocycles. The highest BCUT2D eigenvalue weighted by atomic mass is 32.2. The smallest absolute Gasteiger partial charge is 0.244 e. The van der Waals surface area contributed by atoms with Crippen molar-refractivity contribution in [3.63, 3.8) is 0 Å². The van der Waals surface area contributed by atoms with E-state index in [1.807, 2.05) is 26.0 Å². The molecule has 0 bridgehead atoms. The molecule has 0 N–H and O–H groups in total. The summed E-state index contributed by atoms with van der Waals surface area (Å²) in [7, 11) is -0.371. The molecule has 1 aromatic carbocycles. The molecule has 1 atom stereocenters. The first kappa shape index (κ1) is 19.9. The minimum Gasteiger partial charge on any atom is -0.347 e. The Morgan fingerprint density at radius 1 is 1.16 bits per heavy atom. The number of aryl methyl sites for hydroxylation is 2. The van der Waals surface area contributed by atoms with Crippen LogP contribution in [-0.2, 0) is 20.2 Å². The number of carbonyl (C=O) groups is 1. The molecule has 1 amide bonds. The molecule has 25 heavy (non-hydrogen) atoms. The van der Waals surface area contributed by atoms with E-state index in [1.165, 1.54) is 9.21 Å². The second kappa shape index (κ2) is 6.72. The lowest BCUT2D eigenvalue weighted by Gasteiger charge is -2.28. The molecule has 0 aromatic heterocycles. The minimum absolute atomic E-state index is 0.0467. The summed E-state index contributed by atoms with van der Waals surface area (Å²) >= 11 is 0. The topological polar surface area (TPSA) is 57.7 Å². The fourth-order valence-corrected chi connectivity index (χ4v) is 5.55. The highest BCUT2D eigenvalue weighted by Gasteiger charge is 2.41. The molecule has 140 valence electrons. The summed E-state index contributed by atoms with van der Waals surface area (Å²) in [6.07, 6.45) is 1.29. The number of benzene rings is 1. The van der Waals surface area contributed by atoms with E-state index in [2.05, 4.69) is 20.8 Å². The number of hydrogen-bond donors (Lipinski definition) is 0. The van der Waals surface area contributed by atoms with Crippen LogP contribution in [0.2, 0.25) is 0 Å². The number of sulfonamides is 1. The lowest BCUT2D eigenvalue weighted by Crippen LogP contribution is -2.45. The van der Waals surface area contributed by atoms with Gasteiger partial charge in [-0.2, -0.15) is 4.31 Å². The van der Waals surface area contributed by atoms with Crippen LogP contribution < -0.4 is 0 Å². The summed E-state index contributed by atoms with van der Waals surface area (Å²) in [6.45, 7) is 10.4. The van der Waals surface area contributed by atoms with Gasteiger partial charge < -0.3 is 4.90 Å². The number of likely N-dealkylation sites (N-methyl/N-ethyl adjacent to an activating group) is 1. The third-order valence-electron chi connectivity index (χ3n) is 4.82. The van der Waals surface area contributed by atoms with Crippen molar-refractivity contribution in [3.05, 3.63) is 28.8 Å². The van der Waals surface area contributed by atoms with Gasteiger partial charge in [0.15, 0.2) is 0 Å². The van der Waals surface area contributed by atoms with Crippen LogP contribution in [0.5, 0.6) is 0 Å². The molecule has 0 saturated carbocycles. The molecule has 2 rings (SSSR count). The van der Waals surface area contributed by atoms with Crippen LogP contribution in [0, 0.1) is 13.8 Å². The maximum Gasteiger partial charge on any atom is 0.244 e. The summed E-state index contributed by atoms with van der Waals surface area (Å²) in [4.78, 5) is 14.2. The van der Waals surface area contributed by atoms with Crippen molar-refractivity contribution in [3.8, 4) is 0 Å². The van der Waals surface area contributed by atoms with Crippen LogP contribution in [0.3, 0.4) is 0 Å². The van der Waals surface area contributed by atoms with Gasteiger partial charge >= 0.3 is 0 Å². The average Bonchev–Trinajstić information content (AvgIpc) is 2.94. The number of carbonyl (C=O) groups excluding carboxylic acids is 1. The van der Waals surface area contributed by atoms with E-state index in [1.54, 1.807) is 14.1 Å². The average molecular weight is 367 g/mol. The maximum absolute atomic E-state index is 13.3. The summed E-state index contributed by atoms with van der Waals surface area (Å²) < 4.78 is 28.0. The van der Waals surface area contributed by atoms with E-state index in [0.717, 1.165) is 16.7 Å². The maximum atomic E-state index is 13.3. The van der Waals surface area contributed by atoms with Gasteiger partial charge in [-0.3, -0.25) is 4.79 Å². The quantitative estimate of drug-likeness (QED) is 0.826. The normalized spacial score (nSPS) is 19.2. The lowest BCUT2D eigenvalue weighted by atomic mass is 9.85. The molecule has 1 fully saturated rings. The zero-order valence-electron chi connectivity index (χ0n) is 16.4. The van der Waals surface area contributed by atoms with Crippen LogP contribution in [0.1, 0.15) is 50.3 Å². The monoisotopic (exact) mass is 366 g/mol.